The van der Waals surface area contributed by atoms with Crippen molar-refractivity contribution in [3.63, 3.8) is 0 Å². The summed E-state index contributed by atoms with van der Waals surface area (Å²) in [5.74, 6) is 0.936. The van der Waals surface area contributed by atoms with Crippen LogP contribution in [-0.4, -0.2) is 24.3 Å². The van der Waals surface area contributed by atoms with Crippen LogP contribution in [0.15, 0.2) is 34.9 Å². The van der Waals surface area contributed by atoms with Crippen LogP contribution in [0.25, 0.3) is 11.3 Å². The van der Waals surface area contributed by atoms with Gasteiger partial charge in [-0.15, -0.1) is 0 Å². The minimum absolute atomic E-state index is 0.00573. The molecule has 1 unspecified atom stereocenters. The van der Waals surface area contributed by atoms with E-state index in [1.807, 2.05) is 18.2 Å². The Balaban J connectivity index is 1.55. The summed E-state index contributed by atoms with van der Waals surface area (Å²) in [5, 5.41) is 7.46. The second kappa shape index (κ2) is 6.94. The zero-order valence-electron chi connectivity index (χ0n) is 12.0. The van der Waals surface area contributed by atoms with E-state index in [4.69, 9.17) is 20.9 Å². The third kappa shape index (κ3) is 3.67. The van der Waals surface area contributed by atoms with Crippen molar-refractivity contribution in [2.75, 3.05) is 13.2 Å². The Morgan fingerprint density at radius 3 is 3.05 bits per heavy atom. The molecule has 1 atom stereocenters. The average Bonchev–Trinajstić information content (AvgIpc) is 3.17. The summed E-state index contributed by atoms with van der Waals surface area (Å²) >= 11 is 6.13. The van der Waals surface area contributed by atoms with Gasteiger partial charge in [0.05, 0.1) is 11.6 Å². The molecule has 1 amide bonds. The van der Waals surface area contributed by atoms with Crippen LogP contribution >= 0.6 is 11.6 Å². The smallest absolute Gasteiger partial charge is 0.220 e. The quantitative estimate of drug-likeness (QED) is 0.919. The highest BCUT2D eigenvalue weighted by Gasteiger charge is 2.19. The first-order valence-electron chi connectivity index (χ1n) is 7.27. The van der Waals surface area contributed by atoms with Crippen molar-refractivity contribution in [3.8, 4) is 11.3 Å². The van der Waals surface area contributed by atoms with Crippen LogP contribution < -0.4 is 5.32 Å². The number of hydrogen-bond donors (Lipinski definition) is 1. The van der Waals surface area contributed by atoms with Crippen molar-refractivity contribution in [3.05, 3.63) is 41.1 Å². The number of benzene rings is 1. The third-order valence-corrected chi connectivity index (χ3v) is 4.00. The van der Waals surface area contributed by atoms with E-state index in [1.54, 1.807) is 12.1 Å². The molecule has 22 heavy (non-hydrogen) atoms. The molecule has 1 saturated heterocycles. The number of carbonyl (C=O) groups excluding carboxylic acids is 1. The van der Waals surface area contributed by atoms with Crippen molar-refractivity contribution in [1.82, 2.24) is 10.5 Å². The van der Waals surface area contributed by atoms with Crippen molar-refractivity contribution in [2.45, 2.75) is 19.4 Å². The van der Waals surface area contributed by atoms with E-state index in [9.17, 15) is 4.79 Å². The number of carbonyl (C=O) groups is 1. The van der Waals surface area contributed by atoms with Crippen LogP contribution in [0.1, 0.15) is 18.6 Å². The van der Waals surface area contributed by atoms with Crippen molar-refractivity contribution >= 4 is 17.5 Å². The van der Waals surface area contributed by atoms with Crippen LogP contribution in [0.3, 0.4) is 0 Å². The van der Waals surface area contributed by atoms with Crippen LogP contribution in [-0.2, 0) is 16.1 Å². The molecule has 0 radical (unpaired) electrons. The van der Waals surface area contributed by atoms with E-state index in [2.05, 4.69) is 10.5 Å². The first-order chi connectivity index (χ1) is 10.7. The van der Waals surface area contributed by atoms with Gasteiger partial charge in [-0.2, -0.15) is 0 Å². The Hall–Kier alpha value is -1.85. The topological polar surface area (TPSA) is 64.4 Å². The molecule has 2 heterocycles. The molecule has 1 fully saturated rings. The molecule has 0 spiro atoms. The normalized spacial score (nSPS) is 17.6. The Labute approximate surface area is 133 Å². The highest BCUT2D eigenvalue weighted by atomic mass is 35.5. The first-order valence-corrected chi connectivity index (χ1v) is 7.65. The lowest BCUT2D eigenvalue weighted by atomic mass is 10.1. The molecule has 0 bridgehead atoms. The standard InChI is InChI=1S/C16H17ClN2O3/c17-14-4-2-1-3-13(14)15-8-12(22-19-15)9-18-16(20)7-11-5-6-21-10-11/h1-4,8,11H,5-7,9-10H2,(H,18,20). The highest BCUT2D eigenvalue weighted by molar-refractivity contribution is 6.33. The fourth-order valence-corrected chi connectivity index (χ4v) is 2.69. The maximum atomic E-state index is 11.9. The van der Waals surface area contributed by atoms with Gasteiger partial charge in [-0.1, -0.05) is 35.0 Å². The van der Waals surface area contributed by atoms with Gasteiger partial charge in [0.1, 0.15) is 5.69 Å². The van der Waals surface area contributed by atoms with Gasteiger partial charge in [-0.3, -0.25) is 4.79 Å². The average molecular weight is 321 g/mol. The van der Waals surface area contributed by atoms with Crippen LogP contribution in [0.2, 0.25) is 5.02 Å². The van der Waals surface area contributed by atoms with Gasteiger partial charge in [-0.25, -0.2) is 0 Å². The molecule has 3 rings (SSSR count). The Bertz CT molecular complexity index is 650. The molecule has 1 aromatic heterocycles. The number of aromatic nitrogens is 1. The van der Waals surface area contributed by atoms with Crippen LogP contribution in [0.5, 0.6) is 0 Å². The lowest BCUT2D eigenvalue weighted by molar-refractivity contribution is -0.122. The zero-order chi connectivity index (χ0) is 15.4. The van der Waals surface area contributed by atoms with E-state index < -0.39 is 0 Å². The minimum atomic E-state index is 0.00573. The van der Waals surface area contributed by atoms with Gasteiger partial charge in [0.25, 0.3) is 0 Å². The molecular weight excluding hydrogens is 304 g/mol. The highest BCUT2D eigenvalue weighted by Crippen LogP contribution is 2.26. The summed E-state index contributed by atoms with van der Waals surface area (Å²) in [7, 11) is 0. The Morgan fingerprint density at radius 2 is 2.27 bits per heavy atom. The summed E-state index contributed by atoms with van der Waals surface area (Å²) in [6.45, 7) is 1.75. The SMILES string of the molecule is O=C(CC1CCOC1)NCc1cc(-c2ccccc2Cl)no1. The predicted molar refractivity (Wildman–Crippen MR) is 82.3 cm³/mol. The molecule has 1 N–H and O–H groups in total. The molecule has 116 valence electrons. The number of hydrogen-bond acceptors (Lipinski definition) is 4. The summed E-state index contributed by atoms with van der Waals surface area (Å²) < 4.78 is 10.5. The molecule has 1 aromatic carbocycles. The van der Waals surface area contributed by atoms with E-state index in [1.165, 1.54) is 0 Å². The zero-order valence-corrected chi connectivity index (χ0v) is 12.8. The lowest BCUT2D eigenvalue weighted by Crippen LogP contribution is -2.25. The maximum absolute atomic E-state index is 11.9. The number of nitrogens with zero attached hydrogens (tertiary/aromatic N) is 1. The number of nitrogens with one attached hydrogen (secondary N) is 1. The molecule has 6 heteroatoms. The van der Waals surface area contributed by atoms with Crippen LogP contribution in [0.4, 0.5) is 0 Å². The van der Waals surface area contributed by atoms with Gasteiger partial charge in [-0.05, 0) is 18.4 Å². The second-order valence-electron chi connectivity index (χ2n) is 5.37. The molecule has 0 saturated carbocycles. The number of rotatable bonds is 5. The fourth-order valence-electron chi connectivity index (χ4n) is 2.46. The van der Waals surface area contributed by atoms with Crippen molar-refractivity contribution < 1.29 is 14.1 Å². The second-order valence-corrected chi connectivity index (χ2v) is 5.78. The molecule has 5 nitrogen and oxygen atoms in total. The number of halogens is 1. The summed E-state index contributed by atoms with van der Waals surface area (Å²) in [6.07, 6.45) is 1.44. The van der Waals surface area contributed by atoms with E-state index >= 15 is 0 Å². The summed E-state index contributed by atoms with van der Waals surface area (Å²) in [4.78, 5) is 11.9. The molecule has 1 aliphatic rings. The molecular formula is C16H17ClN2O3. The Morgan fingerprint density at radius 1 is 1.41 bits per heavy atom. The van der Waals surface area contributed by atoms with E-state index in [0.717, 1.165) is 18.6 Å². The van der Waals surface area contributed by atoms with Gasteiger partial charge in [0.15, 0.2) is 5.76 Å². The molecule has 0 aliphatic carbocycles. The predicted octanol–water partition coefficient (Wildman–Crippen LogP) is 3.04. The first kappa shape index (κ1) is 15.1. The third-order valence-electron chi connectivity index (χ3n) is 3.67. The number of ether oxygens (including phenoxy) is 1. The van der Waals surface area contributed by atoms with E-state index in [-0.39, 0.29) is 5.91 Å². The van der Waals surface area contributed by atoms with E-state index in [0.29, 0.717) is 42.0 Å². The maximum Gasteiger partial charge on any atom is 0.220 e. The summed E-state index contributed by atoms with van der Waals surface area (Å²) in [6, 6.07) is 9.22. The minimum Gasteiger partial charge on any atom is -0.381 e. The number of amides is 1. The lowest BCUT2D eigenvalue weighted by Gasteiger charge is -2.06. The monoisotopic (exact) mass is 320 g/mol. The van der Waals surface area contributed by atoms with Gasteiger partial charge in [0.2, 0.25) is 5.91 Å². The molecule has 1 aliphatic heterocycles. The fraction of sp³-hybridized carbons (Fsp3) is 0.375. The van der Waals surface area contributed by atoms with Gasteiger partial charge in [0, 0.05) is 31.3 Å². The van der Waals surface area contributed by atoms with Crippen molar-refractivity contribution in [1.29, 1.82) is 0 Å². The van der Waals surface area contributed by atoms with Crippen molar-refractivity contribution in [2.24, 2.45) is 5.92 Å². The van der Waals surface area contributed by atoms with Crippen LogP contribution in [0, 0.1) is 5.92 Å². The largest absolute Gasteiger partial charge is 0.381 e. The molecule has 2 aromatic rings. The van der Waals surface area contributed by atoms with Gasteiger partial charge >= 0.3 is 0 Å². The Kier molecular flexibility index (Phi) is 4.75. The van der Waals surface area contributed by atoms with Gasteiger partial charge < -0.3 is 14.6 Å². The summed E-state index contributed by atoms with van der Waals surface area (Å²) in [5.41, 5.74) is 1.48.